The Labute approximate surface area is 169 Å². The number of alkyl halides is 3. The number of carbonyl (C=O) groups excluding carboxylic acids is 2. The molecule has 3 rings (SSSR count). The van der Waals surface area contributed by atoms with E-state index in [1.54, 1.807) is 0 Å². The highest BCUT2D eigenvalue weighted by Gasteiger charge is 2.36. The molecule has 0 bridgehead atoms. The Balaban J connectivity index is 1.68. The van der Waals surface area contributed by atoms with Crippen LogP contribution in [0.3, 0.4) is 0 Å². The number of imidazole rings is 1. The number of anilines is 1. The van der Waals surface area contributed by atoms with Crippen molar-refractivity contribution in [1.82, 2.24) is 14.9 Å². The Morgan fingerprint density at radius 1 is 1.13 bits per heavy atom. The van der Waals surface area contributed by atoms with Crippen LogP contribution in [0.25, 0.3) is 11.0 Å². The molecule has 1 heterocycles. The molecule has 0 radical (unpaired) electrons. The monoisotopic (exact) mass is 420 g/mol. The third-order valence-electron chi connectivity index (χ3n) is 4.48. The number of carbonyl (C=O) groups is 2. The number of rotatable bonds is 5. The largest absolute Gasteiger partial charge is 0.449 e. The van der Waals surface area contributed by atoms with Gasteiger partial charge in [0.15, 0.2) is 0 Å². The Bertz CT molecular complexity index is 1060. The van der Waals surface area contributed by atoms with E-state index in [2.05, 4.69) is 15.6 Å². The smallest absolute Gasteiger partial charge is 0.394 e. The van der Waals surface area contributed by atoms with Crippen LogP contribution in [0.5, 0.6) is 0 Å². The highest BCUT2D eigenvalue weighted by Crippen LogP contribution is 2.31. The molecule has 0 aliphatic heterocycles. The van der Waals surface area contributed by atoms with Crippen molar-refractivity contribution in [3.63, 3.8) is 0 Å². The van der Waals surface area contributed by atoms with Crippen LogP contribution in [0.4, 0.5) is 18.9 Å². The SMILES string of the molecule is Cn1c(C(F)(F)F)nc2cc(NC(=O)C(=O)N[C@H](CO)Cc3ccccc3)ccc21. The molecule has 3 N–H and O–H groups in total. The summed E-state index contributed by atoms with van der Waals surface area (Å²) in [6, 6.07) is 12.5. The number of aliphatic hydroxyl groups excluding tert-OH is 1. The molecular weight excluding hydrogens is 401 g/mol. The number of aliphatic hydroxyl groups is 1. The van der Waals surface area contributed by atoms with Crippen molar-refractivity contribution in [2.75, 3.05) is 11.9 Å². The molecule has 2 amide bonds. The van der Waals surface area contributed by atoms with Gasteiger partial charge in [-0.1, -0.05) is 30.3 Å². The summed E-state index contributed by atoms with van der Waals surface area (Å²) in [5.41, 5.74) is 1.25. The van der Waals surface area contributed by atoms with Crippen LogP contribution in [0.2, 0.25) is 0 Å². The van der Waals surface area contributed by atoms with E-state index in [0.29, 0.717) is 6.42 Å². The number of aromatic nitrogens is 2. The second-order valence-electron chi connectivity index (χ2n) is 6.69. The van der Waals surface area contributed by atoms with Crippen LogP contribution in [-0.4, -0.2) is 39.1 Å². The topological polar surface area (TPSA) is 96.2 Å². The van der Waals surface area contributed by atoms with Gasteiger partial charge in [-0.3, -0.25) is 9.59 Å². The maximum atomic E-state index is 13.0. The van der Waals surface area contributed by atoms with E-state index in [1.807, 2.05) is 30.3 Å². The van der Waals surface area contributed by atoms with Gasteiger partial charge in [0.2, 0.25) is 5.82 Å². The highest BCUT2D eigenvalue weighted by molar-refractivity contribution is 6.39. The first kappa shape index (κ1) is 21.3. The van der Waals surface area contributed by atoms with Crippen LogP contribution >= 0.6 is 0 Å². The predicted octanol–water partition coefficient (Wildman–Crippen LogP) is 2.25. The van der Waals surface area contributed by atoms with E-state index >= 15 is 0 Å². The Morgan fingerprint density at radius 3 is 2.47 bits per heavy atom. The van der Waals surface area contributed by atoms with E-state index in [4.69, 9.17) is 0 Å². The van der Waals surface area contributed by atoms with Crippen LogP contribution in [0.1, 0.15) is 11.4 Å². The van der Waals surface area contributed by atoms with Crippen molar-refractivity contribution in [2.45, 2.75) is 18.6 Å². The third kappa shape index (κ3) is 4.77. The number of nitrogens with one attached hydrogen (secondary N) is 2. The summed E-state index contributed by atoms with van der Waals surface area (Å²) < 4.78 is 39.9. The Morgan fingerprint density at radius 2 is 1.83 bits per heavy atom. The van der Waals surface area contributed by atoms with Crippen molar-refractivity contribution in [3.8, 4) is 0 Å². The van der Waals surface area contributed by atoms with Crippen LogP contribution < -0.4 is 10.6 Å². The number of halogens is 3. The lowest BCUT2D eigenvalue weighted by Crippen LogP contribution is -2.44. The standard InChI is InChI=1S/C20H19F3N4O3/c1-27-16-8-7-13(10-15(16)26-19(27)20(21,22)23)24-17(29)18(30)25-14(11-28)9-12-5-3-2-4-6-12/h2-8,10,14,28H,9,11H2,1H3,(H,24,29)(H,25,30)/t14-/m0/s1. The molecule has 30 heavy (non-hydrogen) atoms. The van der Waals surface area contributed by atoms with Gasteiger partial charge in [0.25, 0.3) is 0 Å². The van der Waals surface area contributed by atoms with Gasteiger partial charge in [0, 0.05) is 12.7 Å². The molecule has 0 saturated heterocycles. The van der Waals surface area contributed by atoms with Crippen LogP contribution in [-0.2, 0) is 29.2 Å². The fourth-order valence-corrected chi connectivity index (χ4v) is 3.03. The average molecular weight is 420 g/mol. The number of aryl methyl sites for hydroxylation is 1. The molecule has 158 valence electrons. The van der Waals surface area contributed by atoms with Gasteiger partial charge in [-0.25, -0.2) is 4.98 Å². The van der Waals surface area contributed by atoms with Gasteiger partial charge in [-0.05, 0) is 30.2 Å². The molecule has 1 aromatic heterocycles. The zero-order valence-corrected chi connectivity index (χ0v) is 15.9. The quantitative estimate of drug-likeness (QED) is 0.552. The van der Waals surface area contributed by atoms with Crippen LogP contribution in [0, 0.1) is 0 Å². The molecule has 0 aliphatic carbocycles. The highest BCUT2D eigenvalue weighted by atomic mass is 19.4. The van der Waals surface area contributed by atoms with E-state index in [9.17, 15) is 27.9 Å². The van der Waals surface area contributed by atoms with Gasteiger partial charge in [0.1, 0.15) is 0 Å². The number of hydrogen-bond donors (Lipinski definition) is 3. The number of hydrogen-bond acceptors (Lipinski definition) is 4. The second kappa shape index (κ2) is 8.54. The summed E-state index contributed by atoms with van der Waals surface area (Å²) in [5.74, 6) is -3.04. The Kier molecular flexibility index (Phi) is 6.06. The molecule has 0 spiro atoms. The third-order valence-corrected chi connectivity index (χ3v) is 4.48. The van der Waals surface area contributed by atoms with Crippen LogP contribution in [0.15, 0.2) is 48.5 Å². The van der Waals surface area contributed by atoms with Crippen molar-refractivity contribution >= 4 is 28.5 Å². The fourth-order valence-electron chi connectivity index (χ4n) is 3.03. The lowest BCUT2D eigenvalue weighted by molar-refractivity contribution is -0.146. The summed E-state index contributed by atoms with van der Waals surface area (Å²) in [6.45, 7) is -0.367. The minimum Gasteiger partial charge on any atom is -0.394 e. The van der Waals surface area contributed by atoms with Crippen molar-refractivity contribution < 1.29 is 27.9 Å². The summed E-state index contributed by atoms with van der Waals surface area (Å²) in [7, 11) is 1.24. The zero-order chi connectivity index (χ0) is 21.9. The maximum Gasteiger partial charge on any atom is 0.449 e. The molecule has 3 aromatic rings. The fraction of sp³-hybridized carbons (Fsp3) is 0.250. The lowest BCUT2D eigenvalue weighted by Gasteiger charge is -2.16. The summed E-state index contributed by atoms with van der Waals surface area (Å²) in [5, 5.41) is 14.2. The molecular formula is C20H19F3N4O3. The van der Waals surface area contributed by atoms with Crippen molar-refractivity contribution in [1.29, 1.82) is 0 Å². The molecule has 0 fully saturated rings. The van der Waals surface area contributed by atoms with Gasteiger partial charge >= 0.3 is 18.0 Å². The minimum atomic E-state index is -4.62. The summed E-state index contributed by atoms with van der Waals surface area (Å²) >= 11 is 0. The van der Waals surface area contributed by atoms with Crippen molar-refractivity contribution in [2.24, 2.45) is 7.05 Å². The maximum absolute atomic E-state index is 13.0. The van der Waals surface area contributed by atoms with E-state index in [-0.39, 0.29) is 23.3 Å². The van der Waals surface area contributed by atoms with E-state index in [0.717, 1.165) is 10.1 Å². The normalized spacial score (nSPS) is 12.6. The zero-order valence-electron chi connectivity index (χ0n) is 15.9. The first-order chi connectivity index (χ1) is 14.2. The molecule has 2 aromatic carbocycles. The van der Waals surface area contributed by atoms with E-state index < -0.39 is 29.9 Å². The number of nitrogens with zero attached hydrogens (tertiary/aromatic N) is 2. The minimum absolute atomic E-state index is 0.0281. The number of fused-ring (bicyclic) bond motifs is 1. The molecule has 1 atom stereocenters. The predicted molar refractivity (Wildman–Crippen MR) is 104 cm³/mol. The van der Waals surface area contributed by atoms with Crippen molar-refractivity contribution in [3.05, 3.63) is 59.9 Å². The van der Waals surface area contributed by atoms with Gasteiger partial charge in [-0.2, -0.15) is 13.2 Å². The molecule has 0 saturated carbocycles. The number of benzene rings is 2. The van der Waals surface area contributed by atoms with Gasteiger partial charge in [-0.15, -0.1) is 0 Å². The summed E-state index contributed by atoms with van der Waals surface area (Å²) in [6.07, 6.45) is -4.29. The number of amides is 2. The van der Waals surface area contributed by atoms with Gasteiger partial charge in [0.05, 0.1) is 23.7 Å². The Hall–Kier alpha value is -3.40. The first-order valence-electron chi connectivity index (χ1n) is 8.99. The molecule has 0 unspecified atom stereocenters. The lowest BCUT2D eigenvalue weighted by atomic mass is 10.1. The molecule has 7 nitrogen and oxygen atoms in total. The molecule has 0 aliphatic rings. The first-order valence-corrected chi connectivity index (χ1v) is 8.99. The van der Waals surface area contributed by atoms with E-state index in [1.165, 1.54) is 25.2 Å². The van der Waals surface area contributed by atoms with Gasteiger partial charge < -0.3 is 20.3 Å². The second-order valence-corrected chi connectivity index (χ2v) is 6.69. The summed E-state index contributed by atoms with van der Waals surface area (Å²) in [4.78, 5) is 27.9. The average Bonchev–Trinajstić information content (AvgIpc) is 3.04. The molecule has 10 heteroatoms.